The van der Waals surface area contributed by atoms with E-state index in [0.29, 0.717) is 11.6 Å². The van der Waals surface area contributed by atoms with Crippen molar-refractivity contribution < 1.29 is 18.3 Å². The van der Waals surface area contributed by atoms with Crippen LogP contribution in [0.1, 0.15) is 36.9 Å². The molecule has 2 atom stereocenters. The SMILES string of the molecule is COc1nc2c3c(c(Cl)c(-c4ccc(F)c5sc(N)c(C#N)c45)c(F)c3n1)OCC(C1CC1)N2C(C)c1cccnc1N. The molecule has 1 fully saturated rings. The molecule has 13 heteroatoms. The molecule has 3 aromatic heterocycles. The van der Waals surface area contributed by atoms with E-state index in [1.165, 1.54) is 19.2 Å². The summed E-state index contributed by atoms with van der Waals surface area (Å²) in [5.74, 6) is -0.149. The number of fused-ring (bicyclic) bond motifs is 1. The Labute approximate surface area is 253 Å². The van der Waals surface area contributed by atoms with Gasteiger partial charge in [-0.05, 0) is 43.4 Å². The van der Waals surface area contributed by atoms with E-state index in [1.807, 2.05) is 25.1 Å². The summed E-state index contributed by atoms with van der Waals surface area (Å²) >= 11 is 7.95. The van der Waals surface area contributed by atoms with Crippen LogP contribution in [-0.4, -0.2) is 34.7 Å². The number of methoxy groups -OCH3 is 1. The minimum absolute atomic E-state index is 0.0423. The smallest absolute Gasteiger partial charge is 0.318 e. The molecular formula is C30H24ClF2N7O2S. The van der Waals surface area contributed by atoms with Gasteiger partial charge >= 0.3 is 6.01 Å². The number of hydrogen-bond donors (Lipinski definition) is 2. The van der Waals surface area contributed by atoms with E-state index in [9.17, 15) is 9.65 Å². The second-order valence-electron chi connectivity index (χ2n) is 10.6. The molecule has 4 N–H and O–H groups in total. The van der Waals surface area contributed by atoms with Gasteiger partial charge in [0.1, 0.15) is 40.6 Å². The molecule has 4 heterocycles. The van der Waals surface area contributed by atoms with Gasteiger partial charge in [-0.25, -0.2) is 13.8 Å². The van der Waals surface area contributed by atoms with Gasteiger partial charge in [0.25, 0.3) is 0 Å². The van der Waals surface area contributed by atoms with Crippen LogP contribution < -0.4 is 25.8 Å². The molecule has 218 valence electrons. The number of nitrogen functional groups attached to an aromatic ring is 2. The van der Waals surface area contributed by atoms with E-state index in [4.69, 9.17) is 37.5 Å². The number of halogens is 3. The number of anilines is 3. The lowest BCUT2D eigenvalue weighted by Crippen LogP contribution is -2.43. The van der Waals surface area contributed by atoms with Gasteiger partial charge in [0.05, 0.1) is 39.9 Å². The van der Waals surface area contributed by atoms with Crippen LogP contribution in [0.3, 0.4) is 0 Å². The summed E-state index contributed by atoms with van der Waals surface area (Å²) < 4.78 is 43.8. The van der Waals surface area contributed by atoms with Gasteiger partial charge in [-0.2, -0.15) is 15.2 Å². The molecule has 1 aliphatic carbocycles. The molecule has 1 saturated carbocycles. The maximum Gasteiger partial charge on any atom is 0.318 e. The monoisotopic (exact) mass is 619 g/mol. The van der Waals surface area contributed by atoms with Crippen molar-refractivity contribution in [3.8, 4) is 29.0 Å². The summed E-state index contributed by atoms with van der Waals surface area (Å²) in [6.07, 6.45) is 3.59. The number of pyridine rings is 1. The zero-order valence-electron chi connectivity index (χ0n) is 23.0. The fraction of sp³-hybridized carbons (Fsp3) is 0.267. The Morgan fingerprint density at radius 3 is 2.70 bits per heavy atom. The summed E-state index contributed by atoms with van der Waals surface area (Å²) in [6, 6.07) is 7.77. The maximum atomic E-state index is 16.9. The molecular weight excluding hydrogens is 596 g/mol. The standard InChI is InChI=1S/C30H24ClF2N7O2S/c1-12(14-4-3-9-37-27(14)35)40-18(13-5-6-13)11-42-25-21-24(38-30(41-2)39-29(21)40)23(33)20(22(25)31)15-7-8-17(32)26-19(15)16(10-34)28(36)43-26/h3-4,7-9,12-13,18H,5-6,11,36H2,1-2H3,(H2,35,37). The fourth-order valence-corrected chi connectivity index (χ4v) is 7.33. The van der Waals surface area contributed by atoms with Crippen LogP contribution in [0.2, 0.25) is 5.02 Å². The van der Waals surface area contributed by atoms with Gasteiger partial charge in [0.15, 0.2) is 11.6 Å². The lowest BCUT2D eigenvalue weighted by Gasteiger charge is -2.37. The Morgan fingerprint density at radius 2 is 2.00 bits per heavy atom. The molecule has 9 nitrogen and oxygen atoms in total. The third-order valence-electron chi connectivity index (χ3n) is 8.23. The average Bonchev–Trinajstić information content (AvgIpc) is 3.80. The molecule has 1 aliphatic heterocycles. The third kappa shape index (κ3) is 4.10. The van der Waals surface area contributed by atoms with E-state index >= 15 is 4.39 Å². The molecule has 7 rings (SSSR count). The Bertz CT molecular complexity index is 2010. The van der Waals surface area contributed by atoms with Crippen molar-refractivity contribution in [3.05, 3.63) is 58.2 Å². The summed E-state index contributed by atoms with van der Waals surface area (Å²) in [7, 11) is 1.40. The predicted molar refractivity (Wildman–Crippen MR) is 163 cm³/mol. The minimum Gasteiger partial charge on any atom is -0.489 e. The second-order valence-corrected chi connectivity index (χ2v) is 12.0. The number of ether oxygens (including phenoxy) is 2. The van der Waals surface area contributed by atoms with Crippen molar-refractivity contribution in [3.63, 3.8) is 0 Å². The number of aromatic nitrogens is 3. The van der Waals surface area contributed by atoms with Crippen molar-refractivity contribution in [2.45, 2.75) is 31.8 Å². The Kier molecular flexibility index (Phi) is 6.41. The molecule has 2 aliphatic rings. The van der Waals surface area contributed by atoms with Crippen molar-refractivity contribution in [2.75, 3.05) is 30.1 Å². The molecule has 0 amide bonds. The number of rotatable bonds is 5. The van der Waals surface area contributed by atoms with Crippen LogP contribution in [0.5, 0.6) is 11.8 Å². The van der Waals surface area contributed by atoms with Crippen LogP contribution in [0.4, 0.5) is 25.4 Å². The van der Waals surface area contributed by atoms with E-state index in [2.05, 4.69) is 14.9 Å². The van der Waals surface area contributed by atoms with Crippen LogP contribution in [0.15, 0.2) is 30.5 Å². The average molecular weight is 620 g/mol. The molecule has 5 aromatic rings. The normalized spacial score (nSPS) is 17.0. The van der Waals surface area contributed by atoms with E-state index in [1.54, 1.807) is 6.20 Å². The first-order valence-corrected chi connectivity index (χ1v) is 14.7. The Morgan fingerprint density at radius 1 is 1.21 bits per heavy atom. The number of nitrogens with zero attached hydrogens (tertiary/aromatic N) is 5. The Hall–Kier alpha value is -4.47. The fourth-order valence-electron chi connectivity index (χ4n) is 6.05. The zero-order chi connectivity index (χ0) is 30.2. The quantitative estimate of drug-likeness (QED) is 0.222. The van der Waals surface area contributed by atoms with Gasteiger partial charge in [-0.15, -0.1) is 11.3 Å². The summed E-state index contributed by atoms with van der Waals surface area (Å²) in [4.78, 5) is 15.5. The molecule has 0 saturated heterocycles. The van der Waals surface area contributed by atoms with Crippen molar-refractivity contribution in [1.82, 2.24) is 15.0 Å². The first-order chi connectivity index (χ1) is 20.7. The van der Waals surface area contributed by atoms with Gasteiger partial charge in [0.2, 0.25) is 0 Å². The predicted octanol–water partition coefficient (Wildman–Crippen LogP) is 6.62. The highest BCUT2D eigenvalue weighted by Gasteiger charge is 2.43. The summed E-state index contributed by atoms with van der Waals surface area (Å²) in [5.41, 5.74) is 13.2. The highest BCUT2D eigenvalue weighted by molar-refractivity contribution is 7.23. The van der Waals surface area contributed by atoms with Gasteiger partial charge in [-0.1, -0.05) is 23.7 Å². The molecule has 43 heavy (non-hydrogen) atoms. The van der Waals surface area contributed by atoms with Crippen molar-refractivity contribution >= 4 is 60.6 Å². The lowest BCUT2D eigenvalue weighted by molar-refractivity contribution is 0.268. The van der Waals surface area contributed by atoms with Gasteiger partial charge in [0, 0.05) is 22.7 Å². The number of thiophene rings is 1. The second kappa shape index (κ2) is 10.1. The first-order valence-electron chi connectivity index (χ1n) is 13.5. The maximum absolute atomic E-state index is 16.9. The lowest BCUT2D eigenvalue weighted by atomic mass is 9.96. The van der Waals surface area contributed by atoms with E-state index in [0.717, 1.165) is 29.7 Å². The molecule has 0 radical (unpaired) electrons. The van der Waals surface area contributed by atoms with E-state index < -0.39 is 11.6 Å². The zero-order valence-corrected chi connectivity index (χ0v) is 24.6. The van der Waals surface area contributed by atoms with Crippen molar-refractivity contribution in [2.24, 2.45) is 5.92 Å². The van der Waals surface area contributed by atoms with Crippen molar-refractivity contribution in [1.29, 1.82) is 5.26 Å². The highest BCUT2D eigenvalue weighted by atomic mass is 35.5. The van der Waals surface area contributed by atoms with Crippen LogP contribution in [-0.2, 0) is 0 Å². The Balaban J connectivity index is 1.56. The summed E-state index contributed by atoms with van der Waals surface area (Å²) in [5, 5.41) is 10.4. The summed E-state index contributed by atoms with van der Waals surface area (Å²) in [6.45, 7) is 2.21. The highest BCUT2D eigenvalue weighted by Crippen LogP contribution is 2.53. The number of benzene rings is 2. The topological polar surface area (TPSA) is 136 Å². The minimum atomic E-state index is -0.797. The van der Waals surface area contributed by atoms with Crippen LogP contribution in [0, 0.1) is 28.9 Å². The number of hydrogen-bond acceptors (Lipinski definition) is 10. The molecule has 0 spiro atoms. The van der Waals surface area contributed by atoms with Gasteiger partial charge < -0.3 is 25.8 Å². The van der Waals surface area contributed by atoms with E-state index in [-0.39, 0.29) is 84.1 Å². The van der Waals surface area contributed by atoms with Gasteiger partial charge in [-0.3, -0.25) is 0 Å². The largest absolute Gasteiger partial charge is 0.489 e. The number of nitrogens with two attached hydrogens (primary N) is 2. The molecule has 2 aromatic carbocycles. The van der Waals surface area contributed by atoms with Crippen LogP contribution >= 0.6 is 22.9 Å². The third-order valence-corrected chi connectivity index (χ3v) is 9.62. The van der Waals surface area contributed by atoms with Crippen LogP contribution in [0.25, 0.3) is 32.1 Å². The first kappa shape index (κ1) is 27.4. The molecule has 2 unspecified atom stereocenters. The molecule has 0 bridgehead atoms. The number of nitriles is 1.